The number of rotatable bonds is 6. The lowest BCUT2D eigenvalue weighted by molar-refractivity contribution is 0.602. The van der Waals surface area contributed by atoms with E-state index in [-0.39, 0.29) is 0 Å². The fraction of sp³-hybridized carbons (Fsp3) is 0.455. The van der Waals surface area contributed by atoms with E-state index in [4.69, 9.17) is 11.6 Å². The van der Waals surface area contributed by atoms with Crippen molar-refractivity contribution in [2.45, 2.75) is 22.6 Å². The number of hydrogen-bond donors (Lipinski definition) is 0. The molecule has 0 unspecified atom stereocenters. The second kappa shape index (κ2) is 6.52. The number of unbranched alkanes of at least 4 members (excludes halogenated alkanes) is 1. The Kier molecular flexibility index (Phi) is 5.66. The number of sulfone groups is 1. The van der Waals surface area contributed by atoms with Crippen LogP contribution in [0.3, 0.4) is 0 Å². The normalized spacial score (nSPS) is 11.6. The summed E-state index contributed by atoms with van der Waals surface area (Å²) in [7, 11) is -3.08. The highest BCUT2D eigenvalue weighted by atomic mass is 35.5. The third kappa shape index (κ3) is 4.76. The maximum Gasteiger partial charge on any atom is 0.175 e. The Balaban J connectivity index is 2.52. The standard InChI is InChI=1S/C11H15ClO2S2/c1-16(13,14)11-6-4-10(5-7-11)15-9-3-2-8-12/h4-7H,2-3,8-9H2,1H3. The van der Waals surface area contributed by atoms with Gasteiger partial charge in [0.25, 0.3) is 0 Å². The lowest BCUT2D eigenvalue weighted by Crippen LogP contribution is -1.96. The topological polar surface area (TPSA) is 34.1 Å². The van der Waals surface area contributed by atoms with E-state index in [9.17, 15) is 8.42 Å². The van der Waals surface area contributed by atoms with Crippen LogP contribution in [0.2, 0.25) is 0 Å². The van der Waals surface area contributed by atoms with E-state index in [2.05, 4.69) is 0 Å². The van der Waals surface area contributed by atoms with E-state index in [1.807, 2.05) is 12.1 Å². The number of hydrogen-bond acceptors (Lipinski definition) is 3. The zero-order valence-electron chi connectivity index (χ0n) is 9.15. The molecule has 0 bridgehead atoms. The predicted molar refractivity (Wildman–Crippen MR) is 70.2 cm³/mol. The molecule has 0 amide bonds. The molecule has 1 rings (SSSR count). The second-order valence-electron chi connectivity index (χ2n) is 3.49. The van der Waals surface area contributed by atoms with Crippen molar-refractivity contribution in [3.8, 4) is 0 Å². The van der Waals surface area contributed by atoms with Crippen molar-refractivity contribution in [1.29, 1.82) is 0 Å². The van der Waals surface area contributed by atoms with Crippen molar-refractivity contribution in [1.82, 2.24) is 0 Å². The highest BCUT2D eigenvalue weighted by Gasteiger charge is 2.05. The molecule has 0 aromatic heterocycles. The lowest BCUT2D eigenvalue weighted by Gasteiger charge is -2.02. The first-order chi connectivity index (χ1) is 7.54. The molecule has 0 atom stereocenters. The van der Waals surface area contributed by atoms with Gasteiger partial charge in [0.15, 0.2) is 9.84 Å². The van der Waals surface area contributed by atoms with Gasteiger partial charge in [0.05, 0.1) is 4.90 Å². The maximum absolute atomic E-state index is 11.2. The summed E-state index contributed by atoms with van der Waals surface area (Å²) in [6.45, 7) is 0. The summed E-state index contributed by atoms with van der Waals surface area (Å²) in [5.41, 5.74) is 0. The SMILES string of the molecule is CS(=O)(=O)c1ccc(SCCCCCl)cc1. The van der Waals surface area contributed by atoms with E-state index < -0.39 is 9.84 Å². The van der Waals surface area contributed by atoms with E-state index in [1.165, 1.54) is 6.26 Å². The first-order valence-corrected chi connectivity index (χ1v) is 8.44. The van der Waals surface area contributed by atoms with Crippen LogP contribution in [0.4, 0.5) is 0 Å². The van der Waals surface area contributed by atoms with Gasteiger partial charge in [-0.2, -0.15) is 0 Å². The number of thioether (sulfide) groups is 1. The molecule has 90 valence electrons. The van der Waals surface area contributed by atoms with Crippen LogP contribution in [0.1, 0.15) is 12.8 Å². The summed E-state index contributed by atoms with van der Waals surface area (Å²) in [6, 6.07) is 7.00. The molecule has 0 aliphatic carbocycles. The van der Waals surface area contributed by atoms with Gasteiger partial charge < -0.3 is 0 Å². The first-order valence-electron chi connectivity index (χ1n) is 5.03. The molecule has 0 heterocycles. The molecule has 1 aromatic rings. The average Bonchev–Trinajstić information content (AvgIpc) is 2.24. The summed E-state index contributed by atoms with van der Waals surface area (Å²) in [4.78, 5) is 1.47. The van der Waals surface area contributed by atoms with E-state index >= 15 is 0 Å². The van der Waals surface area contributed by atoms with Gasteiger partial charge in [0, 0.05) is 17.0 Å². The summed E-state index contributed by atoms with van der Waals surface area (Å²) < 4.78 is 22.4. The zero-order valence-corrected chi connectivity index (χ0v) is 11.5. The van der Waals surface area contributed by atoms with Gasteiger partial charge in [-0.05, 0) is 42.9 Å². The summed E-state index contributed by atoms with van der Waals surface area (Å²) in [5.74, 6) is 1.72. The van der Waals surface area contributed by atoms with Gasteiger partial charge >= 0.3 is 0 Å². The maximum atomic E-state index is 11.2. The Morgan fingerprint density at radius 3 is 2.31 bits per heavy atom. The molecule has 0 aliphatic rings. The lowest BCUT2D eigenvalue weighted by atomic mass is 10.4. The summed E-state index contributed by atoms with van der Waals surface area (Å²) >= 11 is 7.30. The second-order valence-corrected chi connectivity index (χ2v) is 7.05. The van der Waals surface area contributed by atoms with Crippen molar-refractivity contribution in [3.05, 3.63) is 24.3 Å². The van der Waals surface area contributed by atoms with E-state index in [0.29, 0.717) is 10.8 Å². The first kappa shape index (κ1) is 13.9. The molecule has 1 aromatic carbocycles. The van der Waals surface area contributed by atoms with Crippen LogP contribution >= 0.6 is 23.4 Å². The van der Waals surface area contributed by atoms with Crippen LogP contribution < -0.4 is 0 Å². The van der Waals surface area contributed by atoms with Crippen molar-refractivity contribution in [2.75, 3.05) is 17.9 Å². The monoisotopic (exact) mass is 278 g/mol. The molecule has 0 aliphatic heterocycles. The quantitative estimate of drug-likeness (QED) is 0.455. The smallest absolute Gasteiger partial charge is 0.175 e. The molecule has 0 radical (unpaired) electrons. The Hall–Kier alpha value is -0.190. The van der Waals surface area contributed by atoms with Crippen molar-refractivity contribution >= 4 is 33.2 Å². The molecule has 0 spiro atoms. The number of alkyl halides is 1. The Labute approximate surface area is 106 Å². The van der Waals surface area contributed by atoms with Crippen LogP contribution in [0.25, 0.3) is 0 Å². The molecular weight excluding hydrogens is 264 g/mol. The van der Waals surface area contributed by atoms with Crippen molar-refractivity contribution < 1.29 is 8.42 Å². The van der Waals surface area contributed by atoms with Gasteiger partial charge in [0.2, 0.25) is 0 Å². The third-order valence-corrected chi connectivity index (χ3v) is 4.54. The fourth-order valence-corrected chi connectivity index (χ4v) is 2.90. The zero-order chi connectivity index (χ0) is 12.0. The summed E-state index contributed by atoms with van der Waals surface area (Å²) in [5, 5.41) is 0. The van der Waals surface area contributed by atoms with Gasteiger partial charge in [0.1, 0.15) is 0 Å². The molecule has 0 fully saturated rings. The molecule has 0 saturated heterocycles. The highest BCUT2D eigenvalue weighted by molar-refractivity contribution is 7.99. The molecule has 16 heavy (non-hydrogen) atoms. The van der Waals surface area contributed by atoms with Crippen molar-refractivity contribution in [3.63, 3.8) is 0 Å². The third-order valence-electron chi connectivity index (χ3n) is 2.05. The highest BCUT2D eigenvalue weighted by Crippen LogP contribution is 2.21. The molecule has 5 heteroatoms. The minimum absolute atomic E-state index is 0.373. The molecule has 0 N–H and O–H groups in total. The Morgan fingerprint density at radius 1 is 1.19 bits per heavy atom. The van der Waals surface area contributed by atoms with Crippen LogP contribution in [0, 0.1) is 0 Å². The average molecular weight is 279 g/mol. The van der Waals surface area contributed by atoms with Gasteiger partial charge in [-0.1, -0.05) is 0 Å². The largest absolute Gasteiger partial charge is 0.224 e. The Bertz CT molecular complexity index is 412. The minimum atomic E-state index is -3.08. The summed E-state index contributed by atoms with van der Waals surface area (Å²) in [6.07, 6.45) is 3.33. The van der Waals surface area contributed by atoms with Crippen molar-refractivity contribution in [2.24, 2.45) is 0 Å². The van der Waals surface area contributed by atoms with Crippen LogP contribution in [-0.2, 0) is 9.84 Å². The predicted octanol–water partition coefficient (Wildman–Crippen LogP) is 3.20. The van der Waals surface area contributed by atoms with Crippen LogP contribution in [0.15, 0.2) is 34.1 Å². The number of benzene rings is 1. The fourth-order valence-electron chi connectivity index (χ4n) is 1.17. The molecule has 0 saturated carbocycles. The van der Waals surface area contributed by atoms with Gasteiger partial charge in [-0.15, -0.1) is 23.4 Å². The van der Waals surface area contributed by atoms with Crippen LogP contribution in [0.5, 0.6) is 0 Å². The number of halogens is 1. The van der Waals surface area contributed by atoms with Crippen LogP contribution in [-0.4, -0.2) is 26.3 Å². The van der Waals surface area contributed by atoms with E-state index in [1.54, 1.807) is 23.9 Å². The van der Waals surface area contributed by atoms with Gasteiger partial charge in [-0.3, -0.25) is 0 Å². The Morgan fingerprint density at radius 2 is 1.81 bits per heavy atom. The molecule has 2 nitrogen and oxygen atoms in total. The minimum Gasteiger partial charge on any atom is -0.224 e. The molecular formula is C11H15ClO2S2. The van der Waals surface area contributed by atoms with E-state index in [0.717, 1.165) is 23.5 Å². The van der Waals surface area contributed by atoms with Gasteiger partial charge in [-0.25, -0.2) is 8.42 Å².